The number of amides is 1. The normalized spacial score (nSPS) is 19.9. The second-order valence-electron chi connectivity index (χ2n) is 6.05. The molecule has 108 valence electrons. The molecule has 3 heteroatoms. The largest absolute Gasteiger partial charge is 0.352 e. The average molecular weight is 272 g/mol. The van der Waals surface area contributed by atoms with Crippen molar-refractivity contribution in [3.8, 4) is 0 Å². The lowest BCUT2D eigenvalue weighted by molar-refractivity contribution is 0.0945. The van der Waals surface area contributed by atoms with Crippen LogP contribution in [0, 0.1) is 5.92 Å². The molecule has 0 aromatic heterocycles. The smallest absolute Gasteiger partial charge is 0.251 e. The molecule has 1 atom stereocenters. The highest BCUT2D eigenvalue weighted by Crippen LogP contribution is 2.38. The maximum Gasteiger partial charge on any atom is 0.251 e. The Labute approximate surface area is 121 Å². The van der Waals surface area contributed by atoms with Crippen molar-refractivity contribution in [3.05, 3.63) is 34.9 Å². The zero-order chi connectivity index (χ0) is 13.9. The van der Waals surface area contributed by atoms with Crippen molar-refractivity contribution in [2.24, 2.45) is 5.92 Å². The summed E-state index contributed by atoms with van der Waals surface area (Å²) in [5, 5.41) is 6.62. The predicted molar refractivity (Wildman–Crippen MR) is 80.9 cm³/mol. The molecule has 20 heavy (non-hydrogen) atoms. The van der Waals surface area contributed by atoms with E-state index >= 15 is 0 Å². The number of rotatable bonds is 5. The van der Waals surface area contributed by atoms with Gasteiger partial charge in [-0.05, 0) is 55.3 Å². The first-order valence-corrected chi connectivity index (χ1v) is 7.94. The number of hydrogen-bond acceptors (Lipinski definition) is 2. The zero-order valence-electron chi connectivity index (χ0n) is 12.2. The Bertz CT molecular complexity index is 494. The van der Waals surface area contributed by atoms with E-state index in [1.54, 1.807) is 0 Å². The van der Waals surface area contributed by atoms with E-state index in [9.17, 15) is 4.79 Å². The van der Waals surface area contributed by atoms with Crippen molar-refractivity contribution in [1.29, 1.82) is 0 Å². The van der Waals surface area contributed by atoms with E-state index in [1.807, 2.05) is 0 Å². The molecule has 1 unspecified atom stereocenters. The molecule has 1 aromatic rings. The number of hydrogen-bond donors (Lipinski definition) is 2. The SMILES string of the molecule is CCCNC(c1ccc2c(c1)C(=O)NCC2)C1CCC1. The Hall–Kier alpha value is -1.35. The Morgan fingerprint density at radius 3 is 2.95 bits per heavy atom. The standard InChI is InChI=1S/C17H24N2O/c1-2-9-18-16(13-4-3-5-13)14-7-6-12-8-10-19-17(20)15(12)11-14/h6-7,11,13,16,18H,2-5,8-10H2,1H3,(H,19,20). The highest BCUT2D eigenvalue weighted by atomic mass is 16.1. The van der Waals surface area contributed by atoms with Gasteiger partial charge in [-0.15, -0.1) is 0 Å². The Morgan fingerprint density at radius 2 is 2.25 bits per heavy atom. The van der Waals surface area contributed by atoms with E-state index in [-0.39, 0.29) is 5.91 Å². The quantitative estimate of drug-likeness (QED) is 0.865. The van der Waals surface area contributed by atoms with Gasteiger partial charge in [-0.3, -0.25) is 4.79 Å². The number of carbonyl (C=O) groups excluding carboxylic acids is 1. The van der Waals surface area contributed by atoms with Gasteiger partial charge in [-0.2, -0.15) is 0 Å². The van der Waals surface area contributed by atoms with E-state index in [4.69, 9.17) is 0 Å². The van der Waals surface area contributed by atoms with Crippen LogP contribution in [0.1, 0.15) is 60.1 Å². The van der Waals surface area contributed by atoms with Crippen LogP contribution in [-0.4, -0.2) is 19.0 Å². The molecule has 3 nitrogen and oxygen atoms in total. The first kappa shape index (κ1) is 13.6. The monoisotopic (exact) mass is 272 g/mol. The minimum absolute atomic E-state index is 0.0935. The van der Waals surface area contributed by atoms with Crippen LogP contribution in [0.4, 0.5) is 0 Å². The average Bonchev–Trinajstić information content (AvgIpc) is 2.41. The van der Waals surface area contributed by atoms with Crippen molar-refractivity contribution in [2.75, 3.05) is 13.1 Å². The summed E-state index contributed by atoms with van der Waals surface area (Å²) in [7, 11) is 0. The molecule has 1 aliphatic carbocycles. The predicted octanol–water partition coefficient (Wildman–Crippen LogP) is 2.81. The highest BCUT2D eigenvalue weighted by Gasteiger charge is 2.29. The number of nitrogens with one attached hydrogen (secondary N) is 2. The number of carbonyl (C=O) groups is 1. The van der Waals surface area contributed by atoms with Crippen LogP contribution in [0.25, 0.3) is 0 Å². The zero-order valence-corrected chi connectivity index (χ0v) is 12.2. The van der Waals surface area contributed by atoms with E-state index in [2.05, 4.69) is 35.8 Å². The Balaban J connectivity index is 1.86. The molecule has 2 N–H and O–H groups in total. The van der Waals surface area contributed by atoms with Crippen molar-refractivity contribution in [2.45, 2.75) is 45.1 Å². The van der Waals surface area contributed by atoms with Gasteiger partial charge in [0.1, 0.15) is 0 Å². The van der Waals surface area contributed by atoms with Gasteiger partial charge in [0.05, 0.1) is 0 Å². The van der Waals surface area contributed by atoms with Crippen LogP contribution in [-0.2, 0) is 6.42 Å². The second kappa shape index (κ2) is 5.96. The summed E-state index contributed by atoms with van der Waals surface area (Å²) in [6, 6.07) is 6.92. The molecule has 1 aliphatic heterocycles. The summed E-state index contributed by atoms with van der Waals surface area (Å²) in [5.74, 6) is 0.835. The third-order valence-electron chi connectivity index (χ3n) is 4.65. The second-order valence-corrected chi connectivity index (χ2v) is 6.05. The molecule has 3 rings (SSSR count). The van der Waals surface area contributed by atoms with Crippen LogP contribution in [0.15, 0.2) is 18.2 Å². The van der Waals surface area contributed by atoms with Crippen LogP contribution in [0.2, 0.25) is 0 Å². The summed E-state index contributed by atoms with van der Waals surface area (Å²) in [6.45, 7) is 4.01. The number of fused-ring (bicyclic) bond motifs is 1. The third-order valence-corrected chi connectivity index (χ3v) is 4.65. The van der Waals surface area contributed by atoms with Crippen molar-refractivity contribution in [1.82, 2.24) is 10.6 Å². The molecule has 1 fully saturated rings. The molecule has 1 aromatic carbocycles. The van der Waals surface area contributed by atoms with Gasteiger partial charge in [0.15, 0.2) is 0 Å². The fourth-order valence-corrected chi connectivity index (χ4v) is 3.25. The van der Waals surface area contributed by atoms with E-state index < -0.39 is 0 Å². The van der Waals surface area contributed by atoms with Gasteiger partial charge in [-0.25, -0.2) is 0 Å². The van der Waals surface area contributed by atoms with Crippen LogP contribution < -0.4 is 10.6 Å². The fourth-order valence-electron chi connectivity index (χ4n) is 3.25. The molecular formula is C17H24N2O. The molecule has 1 heterocycles. The van der Waals surface area contributed by atoms with Gasteiger partial charge < -0.3 is 10.6 Å². The molecule has 0 saturated heterocycles. The van der Waals surface area contributed by atoms with E-state index in [0.717, 1.165) is 37.4 Å². The lowest BCUT2D eigenvalue weighted by atomic mass is 9.76. The Kier molecular flexibility index (Phi) is 4.06. The van der Waals surface area contributed by atoms with Gasteiger partial charge in [0, 0.05) is 18.2 Å². The minimum Gasteiger partial charge on any atom is -0.352 e. The highest BCUT2D eigenvalue weighted by molar-refractivity contribution is 5.96. The minimum atomic E-state index is 0.0935. The van der Waals surface area contributed by atoms with Gasteiger partial charge in [0.2, 0.25) is 0 Å². The first-order valence-electron chi connectivity index (χ1n) is 7.94. The topological polar surface area (TPSA) is 41.1 Å². The summed E-state index contributed by atoms with van der Waals surface area (Å²) < 4.78 is 0. The summed E-state index contributed by atoms with van der Waals surface area (Å²) >= 11 is 0. The fraction of sp³-hybridized carbons (Fsp3) is 0.588. The lowest BCUT2D eigenvalue weighted by Crippen LogP contribution is -2.34. The molecule has 2 aliphatic rings. The van der Waals surface area contributed by atoms with Gasteiger partial charge in [-0.1, -0.05) is 25.5 Å². The summed E-state index contributed by atoms with van der Waals surface area (Å²) in [5.41, 5.74) is 3.37. The van der Waals surface area contributed by atoms with Crippen molar-refractivity contribution in [3.63, 3.8) is 0 Å². The molecule has 0 bridgehead atoms. The van der Waals surface area contributed by atoms with Crippen LogP contribution in [0.3, 0.4) is 0 Å². The summed E-state index contributed by atoms with van der Waals surface area (Å²) in [4.78, 5) is 12.0. The number of benzene rings is 1. The van der Waals surface area contributed by atoms with E-state index in [1.165, 1.54) is 30.4 Å². The third kappa shape index (κ3) is 2.59. The van der Waals surface area contributed by atoms with Crippen molar-refractivity contribution >= 4 is 5.91 Å². The summed E-state index contributed by atoms with van der Waals surface area (Å²) in [6.07, 6.45) is 6.07. The van der Waals surface area contributed by atoms with Gasteiger partial charge in [0.25, 0.3) is 5.91 Å². The maximum absolute atomic E-state index is 12.0. The van der Waals surface area contributed by atoms with Gasteiger partial charge >= 0.3 is 0 Å². The lowest BCUT2D eigenvalue weighted by Gasteiger charge is -2.35. The van der Waals surface area contributed by atoms with Crippen LogP contribution >= 0.6 is 0 Å². The van der Waals surface area contributed by atoms with Crippen molar-refractivity contribution < 1.29 is 4.79 Å². The molecule has 1 saturated carbocycles. The molecular weight excluding hydrogens is 248 g/mol. The first-order chi connectivity index (χ1) is 9.79. The van der Waals surface area contributed by atoms with Crippen LogP contribution in [0.5, 0.6) is 0 Å². The maximum atomic E-state index is 12.0. The Morgan fingerprint density at radius 1 is 1.40 bits per heavy atom. The molecule has 0 radical (unpaired) electrons. The van der Waals surface area contributed by atoms with E-state index in [0.29, 0.717) is 6.04 Å². The molecule has 1 amide bonds. The molecule has 0 spiro atoms.